The fourth-order valence-electron chi connectivity index (χ4n) is 2.36. The van der Waals surface area contributed by atoms with Gasteiger partial charge in [0.2, 0.25) is 0 Å². The molecule has 1 aromatic rings. The van der Waals surface area contributed by atoms with Gasteiger partial charge in [0.05, 0.1) is 19.3 Å². The zero-order chi connectivity index (χ0) is 13.5. The quantitative estimate of drug-likeness (QED) is 0.581. The van der Waals surface area contributed by atoms with Gasteiger partial charge in [0.25, 0.3) is 0 Å². The van der Waals surface area contributed by atoms with E-state index in [0.29, 0.717) is 19.3 Å². The first kappa shape index (κ1) is 14.0. The first-order valence-electron chi connectivity index (χ1n) is 6.82. The van der Waals surface area contributed by atoms with Crippen molar-refractivity contribution in [3.63, 3.8) is 0 Å². The van der Waals surface area contributed by atoms with Crippen LogP contribution in [0.15, 0.2) is 43.0 Å². The molecule has 0 spiro atoms. The van der Waals surface area contributed by atoms with Crippen LogP contribution in [0.3, 0.4) is 0 Å². The molecule has 3 heteroatoms. The van der Waals surface area contributed by atoms with Crippen molar-refractivity contribution in [3.8, 4) is 0 Å². The zero-order valence-corrected chi connectivity index (χ0v) is 11.3. The largest absolute Gasteiger partial charge is 0.374 e. The fourth-order valence-corrected chi connectivity index (χ4v) is 2.36. The molecule has 0 N–H and O–H groups in total. The summed E-state index contributed by atoms with van der Waals surface area (Å²) in [5.74, 6) is 0.200. The number of ether oxygens (including phenoxy) is 1. The molecule has 0 radical (unpaired) electrons. The van der Waals surface area contributed by atoms with Crippen LogP contribution in [0.4, 0.5) is 0 Å². The van der Waals surface area contributed by atoms with Crippen LogP contribution in [0.5, 0.6) is 0 Å². The van der Waals surface area contributed by atoms with E-state index in [4.69, 9.17) is 4.74 Å². The highest BCUT2D eigenvalue weighted by atomic mass is 16.5. The van der Waals surface area contributed by atoms with Gasteiger partial charge in [0.15, 0.2) is 5.78 Å². The smallest absolute Gasteiger partial charge is 0.176 e. The first-order chi connectivity index (χ1) is 9.29. The number of piperidine rings is 1. The average Bonchev–Trinajstić information content (AvgIpc) is 2.47. The number of benzene rings is 1. The zero-order valence-electron chi connectivity index (χ0n) is 11.3. The Labute approximate surface area is 114 Å². The summed E-state index contributed by atoms with van der Waals surface area (Å²) in [6, 6.07) is 9.49. The van der Waals surface area contributed by atoms with Gasteiger partial charge >= 0.3 is 0 Å². The normalized spacial score (nSPS) is 17.3. The van der Waals surface area contributed by atoms with Gasteiger partial charge in [-0.05, 0) is 12.8 Å². The second kappa shape index (κ2) is 7.22. The highest BCUT2D eigenvalue weighted by Gasteiger charge is 2.21. The van der Waals surface area contributed by atoms with E-state index in [0.717, 1.165) is 31.5 Å². The number of carbonyl (C=O) groups is 1. The van der Waals surface area contributed by atoms with Gasteiger partial charge in [-0.1, -0.05) is 36.4 Å². The van der Waals surface area contributed by atoms with Gasteiger partial charge < -0.3 is 4.74 Å². The molecular weight excluding hydrogens is 238 g/mol. The van der Waals surface area contributed by atoms with Crippen LogP contribution in [-0.2, 0) is 4.74 Å². The maximum absolute atomic E-state index is 12.1. The van der Waals surface area contributed by atoms with Crippen molar-refractivity contribution in [1.29, 1.82) is 0 Å². The first-order valence-corrected chi connectivity index (χ1v) is 6.82. The Morgan fingerprint density at radius 1 is 1.32 bits per heavy atom. The molecule has 0 unspecified atom stereocenters. The Balaban J connectivity index is 1.76. The van der Waals surface area contributed by atoms with Crippen LogP contribution >= 0.6 is 0 Å². The van der Waals surface area contributed by atoms with E-state index in [9.17, 15) is 4.79 Å². The number of likely N-dealkylation sites (tertiary alicyclic amines) is 1. The summed E-state index contributed by atoms with van der Waals surface area (Å²) < 4.78 is 5.64. The van der Waals surface area contributed by atoms with Crippen molar-refractivity contribution >= 4 is 5.78 Å². The summed E-state index contributed by atoms with van der Waals surface area (Å²) in [6.07, 6.45) is 4.10. The van der Waals surface area contributed by atoms with Crippen molar-refractivity contribution in [2.45, 2.75) is 18.9 Å². The van der Waals surface area contributed by atoms with E-state index in [2.05, 4.69) is 11.5 Å². The molecular formula is C16H21NO2. The third-order valence-corrected chi connectivity index (χ3v) is 3.45. The van der Waals surface area contributed by atoms with Crippen molar-refractivity contribution < 1.29 is 9.53 Å². The van der Waals surface area contributed by atoms with Crippen LogP contribution in [-0.4, -0.2) is 43.0 Å². The minimum absolute atomic E-state index is 0.200. The molecule has 0 amide bonds. The number of nitrogens with zero attached hydrogens (tertiary/aromatic N) is 1. The third kappa shape index (κ3) is 4.30. The van der Waals surface area contributed by atoms with Gasteiger partial charge in [-0.3, -0.25) is 9.69 Å². The number of ketones is 1. The van der Waals surface area contributed by atoms with Crippen LogP contribution in [0.2, 0.25) is 0 Å². The Bertz CT molecular complexity index is 408. The van der Waals surface area contributed by atoms with E-state index in [1.54, 1.807) is 6.08 Å². The van der Waals surface area contributed by atoms with Crippen LogP contribution < -0.4 is 0 Å². The molecule has 0 aliphatic carbocycles. The Hall–Kier alpha value is -1.45. The minimum atomic E-state index is 0.200. The molecule has 1 fully saturated rings. The van der Waals surface area contributed by atoms with Crippen LogP contribution in [0.25, 0.3) is 0 Å². The molecule has 1 aromatic carbocycles. The highest BCUT2D eigenvalue weighted by molar-refractivity contribution is 5.97. The number of hydrogen-bond donors (Lipinski definition) is 0. The molecule has 3 nitrogen and oxygen atoms in total. The maximum Gasteiger partial charge on any atom is 0.176 e. The lowest BCUT2D eigenvalue weighted by Gasteiger charge is -2.31. The van der Waals surface area contributed by atoms with E-state index >= 15 is 0 Å². The molecule has 1 aliphatic rings. The van der Waals surface area contributed by atoms with Gasteiger partial charge in [0, 0.05) is 18.7 Å². The maximum atomic E-state index is 12.1. The predicted octanol–water partition coefficient (Wildman–Crippen LogP) is 2.54. The lowest BCUT2D eigenvalue weighted by atomic mass is 10.1. The Kier molecular flexibility index (Phi) is 5.31. The van der Waals surface area contributed by atoms with Crippen molar-refractivity contribution in [2.75, 3.05) is 26.2 Å². The second-order valence-electron chi connectivity index (χ2n) is 4.89. The lowest BCUT2D eigenvalue weighted by Crippen LogP contribution is -2.39. The molecule has 0 saturated carbocycles. The van der Waals surface area contributed by atoms with E-state index < -0.39 is 0 Å². The van der Waals surface area contributed by atoms with Gasteiger partial charge in [-0.15, -0.1) is 6.58 Å². The molecule has 102 valence electrons. The minimum Gasteiger partial charge on any atom is -0.374 e. The molecule has 0 atom stereocenters. The number of carbonyl (C=O) groups excluding carboxylic acids is 1. The number of Topliss-reactive ketones (excluding diaryl/α,β-unsaturated/α-hetero) is 1. The molecule has 2 rings (SSSR count). The van der Waals surface area contributed by atoms with E-state index in [-0.39, 0.29) is 5.78 Å². The Morgan fingerprint density at radius 3 is 2.63 bits per heavy atom. The van der Waals surface area contributed by atoms with Gasteiger partial charge in [-0.25, -0.2) is 0 Å². The summed E-state index contributed by atoms with van der Waals surface area (Å²) in [7, 11) is 0. The summed E-state index contributed by atoms with van der Waals surface area (Å²) in [5.41, 5.74) is 0.799. The van der Waals surface area contributed by atoms with E-state index in [1.807, 2.05) is 30.3 Å². The summed E-state index contributed by atoms with van der Waals surface area (Å²) >= 11 is 0. The molecule has 0 aromatic heterocycles. The van der Waals surface area contributed by atoms with Gasteiger partial charge in [0.1, 0.15) is 0 Å². The van der Waals surface area contributed by atoms with Crippen molar-refractivity contribution in [3.05, 3.63) is 48.6 Å². The average molecular weight is 259 g/mol. The monoisotopic (exact) mass is 259 g/mol. The van der Waals surface area contributed by atoms with E-state index in [1.165, 1.54) is 0 Å². The Morgan fingerprint density at radius 2 is 2.00 bits per heavy atom. The molecule has 0 bridgehead atoms. The van der Waals surface area contributed by atoms with Crippen molar-refractivity contribution in [1.82, 2.24) is 4.90 Å². The van der Waals surface area contributed by atoms with Gasteiger partial charge in [-0.2, -0.15) is 0 Å². The topological polar surface area (TPSA) is 29.5 Å². The number of rotatable bonds is 6. The molecule has 1 aliphatic heterocycles. The third-order valence-electron chi connectivity index (χ3n) is 3.45. The SMILES string of the molecule is C=CCOC1CCN(CC(=O)c2ccccc2)CC1. The summed E-state index contributed by atoms with van der Waals surface area (Å²) in [4.78, 5) is 14.3. The summed E-state index contributed by atoms with van der Waals surface area (Å²) in [6.45, 7) is 6.65. The standard InChI is InChI=1S/C16H21NO2/c1-2-12-19-15-8-10-17(11-9-15)13-16(18)14-6-4-3-5-7-14/h2-7,15H,1,8-13H2. The molecule has 19 heavy (non-hydrogen) atoms. The van der Waals surface area contributed by atoms with Crippen LogP contribution in [0, 0.1) is 0 Å². The second-order valence-corrected chi connectivity index (χ2v) is 4.89. The molecule has 1 saturated heterocycles. The number of hydrogen-bond acceptors (Lipinski definition) is 3. The predicted molar refractivity (Wildman–Crippen MR) is 76.4 cm³/mol. The van der Waals surface area contributed by atoms with Crippen LogP contribution in [0.1, 0.15) is 23.2 Å². The van der Waals surface area contributed by atoms with Crippen molar-refractivity contribution in [2.24, 2.45) is 0 Å². The highest BCUT2D eigenvalue weighted by Crippen LogP contribution is 2.14. The molecule has 1 heterocycles. The fraction of sp³-hybridized carbons (Fsp3) is 0.438. The summed E-state index contributed by atoms with van der Waals surface area (Å²) in [5, 5.41) is 0. The lowest BCUT2D eigenvalue weighted by molar-refractivity contribution is 0.0224.